The SMILES string of the molecule is CCCCCCCC/C=C\CCCCCCCCOC1(OCCCCCCCC/C=C\CCCCCCCC)OCC(CCN(C)C)O1. The summed E-state index contributed by atoms with van der Waals surface area (Å²) in [6, 6.07) is 0. The highest BCUT2D eigenvalue weighted by Gasteiger charge is 2.44. The molecule has 1 unspecified atom stereocenters. The first-order valence-electron chi connectivity index (χ1n) is 21.2. The molecule has 0 aromatic rings. The Bertz CT molecular complexity index is 665. The third-order valence-corrected chi connectivity index (χ3v) is 9.53. The minimum atomic E-state index is -1.30. The third-order valence-electron chi connectivity index (χ3n) is 9.53. The average Bonchev–Trinajstić information content (AvgIpc) is 3.49. The molecule has 5 heteroatoms. The quantitative estimate of drug-likeness (QED) is 0.0372. The molecule has 5 nitrogen and oxygen atoms in total. The van der Waals surface area contributed by atoms with Crippen molar-refractivity contribution in [2.75, 3.05) is 40.5 Å². The largest absolute Gasteiger partial charge is 0.413 e. The number of allylic oxidation sites excluding steroid dienone is 4. The zero-order chi connectivity index (χ0) is 34.6. The highest BCUT2D eigenvalue weighted by atomic mass is 17.0. The monoisotopic (exact) mass is 678 g/mol. The van der Waals surface area contributed by atoms with E-state index in [0.717, 1.165) is 25.8 Å². The van der Waals surface area contributed by atoms with Gasteiger partial charge in [0, 0.05) is 6.54 Å². The van der Waals surface area contributed by atoms with E-state index in [1.807, 2.05) is 0 Å². The minimum absolute atomic E-state index is 0.0205. The second-order valence-corrected chi connectivity index (χ2v) is 14.7. The lowest BCUT2D eigenvalue weighted by Gasteiger charge is -2.27. The van der Waals surface area contributed by atoms with Gasteiger partial charge in [-0.2, -0.15) is 0 Å². The van der Waals surface area contributed by atoms with Crippen molar-refractivity contribution in [1.82, 2.24) is 4.90 Å². The summed E-state index contributed by atoms with van der Waals surface area (Å²) in [5, 5.41) is 0. The van der Waals surface area contributed by atoms with Gasteiger partial charge in [-0.1, -0.05) is 154 Å². The summed E-state index contributed by atoms with van der Waals surface area (Å²) in [7, 11) is 4.19. The van der Waals surface area contributed by atoms with Crippen LogP contribution < -0.4 is 0 Å². The van der Waals surface area contributed by atoms with Gasteiger partial charge in [-0.3, -0.25) is 4.74 Å². The third kappa shape index (κ3) is 29.1. The topological polar surface area (TPSA) is 40.2 Å². The summed E-state index contributed by atoms with van der Waals surface area (Å²) in [6.07, 6.45) is 45.7. The van der Waals surface area contributed by atoms with Crippen LogP contribution in [0, 0.1) is 0 Å². The van der Waals surface area contributed by atoms with Crippen molar-refractivity contribution in [3.05, 3.63) is 24.3 Å². The van der Waals surface area contributed by atoms with Crippen molar-refractivity contribution in [1.29, 1.82) is 0 Å². The zero-order valence-electron chi connectivity index (χ0n) is 32.8. The molecule has 284 valence electrons. The second kappa shape index (κ2) is 34.7. The molecule has 1 atom stereocenters. The van der Waals surface area contributed by atoms with E-state index in [-0.39, 0.29) is 6.10 Å². The molecule has 48 heavy (non-hydrogen) atoms. The molecule has 0 aromatic heterocycles. The molecule has 1 aliphatic heterocycles. The first kappa shape index (κ1) is 45.3. The van der Waals surface area contributed by atoms with Crippen LogP contribution >= 0.6 is 0 Å². The molecule has 0 amide bonds. The second-order valence-electron chi connectivity index (χ2n) is 14.7. The molecule has 0 aliphatic carbocycles. The minimum Gasteiger partial charge on any atom is -0.309 e. The number of rotatable bonds is 37. The molecule has 0 bridgehead atoms. The lowest BCUT2D eigenvalue weighted by atomic mass is 10.1. The molecule has 0 radical (unpaired) electrons. The van der Waals surface area contributed by atoms with Gasteiger partial charge in [0.2, 0.25) is 0 Å². The lowest BCUT2D eigenvalue weighted by molar-refractivity contribution is -0.467. The Hall–Kier alpha value is -0.720. The molecule has 0 N–H and O–H groups in total. The van der Waals surface area contributed by atoms with E-state index in [2.05, 4.69) is 57.1 Å². The zero-order valence-corrected chi connectivity index (χ0v) is 32.8. The molecule has 1 fully saturated rings. The van der Waals surface area contributed by atoms with Gasteiger partial charge in [-0.15, -0.1) is 0 Å². The van der Waals surface area contributed by atoms with Gasteiger partial charge in [0.05, 0.1) is 25.9 Å². The van der Waals surface area contributed by atoms with E-state index in [0.29, 0.717) is 19.8 Å². The normalized spacial score (nSPS) is 16.4. The molecule has 1 saturated heterocycles. The van der Waals surface area contributed by atoms with Crippen molar-refractivity contribution in [2.24, 2.45) is 0 Å². The van der Waals surface area contributed by atoms with Crippen LogP contribution in [0.3, 0.4) is 0 Å². The van der Waals surface area contributed by atoms with Gasteiger partial charge in [-0.05, 0) is 84.7 Å². The Morgan fingerprint density at radius 2 is 0.875 bits per heavy atom. The Morgan fingerprint density at radius 3 is 1.25 bits per heavy atom. The van der Waals surface area contributed by atoms with Crippen LogP contribution in [0.1, 0.15) is 200 Å². The van der Waals surface area contributed by atoms with E-state index < -0.39 is 6.16 Å². The first-order valence-corrected chi connectivity index (χ1v) is 21.2. The van der Waals surface area contributed by atoms with Crippen LogP contribution in [0.25, 0.3) is 0 Å². The van der Waals surface area contributed by atoms with Crippen LogP contribution in [0.5, 0.6) is 0 Å². The summed E-state index contributed by atoms with van der Waals surface area (Å²) < 4.78 is 24.7. The van der Waals surface area contributed by atoms with E-state index in [1.54, 1.807) is 0 Å². The highest BCUT2D eigenvalue weighted by molar-refractivity contribution is 4.82. The molecule has 0 spiro atoms. The van der Waals surface area contributed by atoms with Crippen LogP contribution in [-0.2, 0) is 18.9 Å². The van der Waals surface area contributed by atoms with Crippen LogP contribution in [0.2, 0.25) is 0 Å². The molecule has 1 aliphatic rings. The molecule has 1 rings (SSSR count). The predicted molar refractivity (Wildman–Crippen MR) is 208 cm³/mol. The Morgan fingerprint density at radius 1 is 0.521 bits per heavy atom. The Balaban J connectivity index is 2.10. The summed E-state index contributed by atoms with van der Waals surface area (Å²) >= 11 is 0. The smallest absolute Gasteiger partial charge is 0.309 e. The number of hydrogen-bond donors (Lipinski definition) is 0. The fraction of sp³-hybridized carbons (Fsp3) is 0.907. The summed E-state index contributed by atoms with van der Waals surface area (Å²) in [5.41, 5.74) is 0. The highest BCUT2D eigenvalue weighted by Crippen LogP contribution is 2.29. The van der Waals surface area contributed by atoms with Crippen LogP contribution in [0.4, 0.5) is 0 Å². The van der Waals surface area contributed by atoms with Gasteiger partial charge < -0.3 is 19.1 Å². The standard InChI is InChI=1S/C43H83NO4/c1-5-7-9-11-13-15-17-19-21-23-25-27-29-31-33-35-39-45-43(47-41-42(48-43)37-38-44(3)4)46-40-36-34-32-30-28-26-24-22-20-18-16-14-12-10-8-6-2/h19-22,42H,5-18,23-41H2,1-4H3/b21-19-,22-20-. The maximum atomic E-state index is 6.25. The fourth-order valence-electron chi connectivity index (χ4n) is 6.30. The van der Waals surface area contributed by atoms with Crippen molar-refractivity contribution in [3.8, 4) is 0 Å². The van der Waals surface area contributed by atoms with Gasteiger partial charge in [0.1, 0.15) is 0 Å². The number of ether oxygens (including phenoxy) is 4. The van der Waals surface area contributed by atoms with Gasteiger partial charge in [0.15, 0.2) is 0 Å². The van der Waals surface area contributed by atoms with Gasteiger partial charge in [-0.25, -0.2) is 0 Å². The van der Waals surface area contributed by atoms with Crippen LogP contribution in [0.15, 0.2) is 24.3 Å². The molecular weight excluding hydrogens is 594 g/mol. The molecule has 0 saturated carbocycles. The summed E-state index contributed by atoms with van der Waals surface area (Å²) in [4.78, 5) is 2.19. The molecule has 1 heterocycles. The summed E-state index contributed by atoms with van der Waals surface area (Å²) in [5.74, 6) is 0. The van der Waals surface area contributed by atoms with Crippen molar-refractivity contribution in [3.63, 3.8) is 0 Å². The van der Waals surface area contributed by atoms with E-state index in [4.69, 9.17) is 18.9 Å². The Kier molecular flexibility index (Phi) is 32.8. The lowest BCUT2D eigenvalue weighted by Crippen LogP contribution is -2.39. The number of unbranched alkanes of at least 4 members (excludes halogenated alkanes) is 24. The van der Waals surface area contributed by atoms with E-state index in [9.17, 15) is 0 Å². The maximum absolute atomic E-state index is 6.25. The molecular formula is C43H83NO4. The van der Waals surface area contributed by atoms with Crippen molar-refractivity contribution in [2.45, 2.75) is 212 Å². The summed E-state index contributed by atoms with van der Waals surface area (Å²) in [6.45, 7) is 7.31. The Labute approximate surface area is 300 Å². The van der Waals surface area contributed by atoms with Crippen molar-refractivity contribution < 1.29 is 18.9 Å². The average molecular weight is 678 g/mol. The number of nitrogens with zero attached hydrogens (tertiary/aromatic N) is 1. The van der Waals surface area contributed by atoms with Crippen LogP contribution in [-0.4, -0.2) is 57.6 Å². The maximum Gasteiger partial charge on any atom is 0.413 e. The van der Waals surface area contributed by atoms with E-state index >= 15 is 0 Å². The predicted octanol–water partition coefficient (Wildman–Crippen LogP) is 13.1. The van der Waals surface area contributed by atoms with Crippen molar-refractivity contribution >= 4 is 0 Å². The van der Waals surface area contributed by atoms with Gasteiger partial charge in [0.25, 0.3) is 0 Å². The molecule has 0 aromatic carbocycles. The first-order chi connectivity index (χ1) is 23.6. The fourth-order valence-corrected chi connectivity index (χ4v) is 6.30. The van der Waals surface area contributed by atoms with Gasteiger partial charge >= 0.3 is 6.16 Å². The number of hydrogen-bond acceptors (Lipinski definition) is 5. The van der Waals surface area contributed by atoms with E-state index in [1.165, 1.54) is 167 Å².